The molecule has 0 aromatic heterocycles. The lowest BCUT2D eigenvalue weighted by molar-refractivity contribution is -0.155. The van der Waals surface area contributed by atoms with Crippen LogP contribution in [0.1, 0.15) is 18.4 Å². The van der Waals surface area contributed by atoms with Gasteiger partial charge in [-0.25, -0.2) is 0 Å². The Morgan fingerprint density at radius 3 is 2.71 bits per heavy atom. The van der Waals surface area contributed by atoms with E-state index in [0.29, 0.717) is 13.1 Å². The molecule has 1 aromatic carbocycles. The van der Waals surface area contributed by atoms with Gasteiger partial charge in [0.2, 0.25) is 0 Å². The Kier molecular flexibility index (Phi) is 6.55. The third kappa shape index (κ3) is 5.63. The van der Waals surface area contributed by atoms with Gasteiger partial charge >= 0.3 is 0 Å². The Hall–Kier alpha value is -1.16. The van der Waals surface area contributed by atoms with E-state index < -0.39 is 0 Å². The van der Waals surface area contributed by atoms with Crippen molar-refractivity contribution < 1.29 is 9.94 Å². The van der Waals surface area contributed by atoms with Crippen molar-refractivity contribution in [2.75, 3.05) is 13.7 Å². The van der Waals surface area contributed by atoms with E-state index in [1.165, 1.54) is 5.56 Å². The standard InChI is InChI=1S/C14H21NO2/c1-3-4-10-14(16)12-15(17-2)11-13-8-6-5-7-9-13/h3,5-9,14,16H,1,4,10-12H2,2H3. The van der Waals surface area contributed by atoms with Crippen LogP contribution in [0.25, 0.3) is 0 Å². The highest BCUT2D eigenvalue weighted by atomic mass is 16.7. The number of nitrogens with zero attached hydrogens (tertiary/aromatic N) is 1. The van der Waals surface area contributed by atoms with Gasteiger partial charge in [-0.2, -0.15) is 5.06 Å². The van der Waals surface area contributed by atoms with Crippen LogP contribution in [0.5, 0.6) is 0 Å². The molecule has 94 valence electrons. The minimum atomic E-state index is -0.378. The minimum absolute atomic E-state index is 0.378. The van der Waals surface area contributed by atoms with Crippen molar-refractivity contribution in [3.05, 3.63) is 48.6 Å². The first-order chi connectivity index (χ1) is 8.26. The number of hydroxylamine groups is 2. The van der Waals surface area contributed by atoms with Crippen LogP contribution in [0.3, 0.4) is 0 Å². The maximum atomic E-state index is 9.79. The fourth-order valence-corrected chi connectivity index (χ4v) is 1.63. The molecule has 0 aliphatic carbocycles. The summed E-state index contributed by atoms with van der Waals surface area (Å²) in [5.74, 6) is 0. The Bertz CT molecular complexity index is 313. The third-order valence-electron chi connectivity index (χ3n) is 2.58. The third-order valence-corrected chi connectivity index (χ3v) is 2.58. The molecule has 0 bridgehead atoms. The summed E-state index contributed by atoms with van der Waals surface area (Å²) in [5, 5.41) is 11.6. The molecule has 0 heterocycles. The average Bonchev–Trinajstić information content (AvgIpc) is 2.36. The normalized spacial score (nSPS) is 12.6. The van der Waals surface area contributed by atoms with E-state index in [9.17, 15) is 5.11 Å². The van der Waals surface area contributed by atoms with E-state index in [0.717, 1.165) is 12.8 Å². The highest BCUT2D eigenvalue weighted by molar-refractivity contribution is 5.14. The average molecular weight is 235 g/mol. The van der Waals surface area contributed by atoms with Crippen LogP contribution < -0.4 is 0 Å². The molecule has 1 N–H and O–H groups in total. The summed E-state index contributed by atoms with van der Waals surface area (Å²) in [6.07, 6.45) is 2.98. The SMILES string of the molecule is C=CCCC(O)CN(Cc1ccccc1)OC. The zero-order chi connectivity index (χ0) is 12.5. The molecule has 0 spiro atoms. The van der Waals surface area contributed by atoms with E-state index in [4.69, 9.17) is 4.84 Å². The Morgan fingerprint density at radius 1 is 1.41 bits per heavy atom. The van der Waals surface area contributed by atoms with Gasteiger partial charge in [0.1, 0.15) is 0 Å². The monoisotopic (exact) mass is 235 g/mol. The minimum Gasteiger partial charge on any atom is -0.392 e. The Labute approximate surface area is 103 Å². The first kappa shape index (κ1) is 13.9. The molecule has 0 saturated carbocycles. The van der Waals surface area contributed by atoms with Gasteiger partial charge in [0, 0.05) is 6.54 Å². The number of rotatable bonds is 8. The molecule has 1 aromatic rings. The van der Waals surface area contributed by atoms with Crippen LogP contribution in [0.15, 0.2) is 43.0 Å². The smallest absolute Gasteiger partial charge is 0.0693 e. The number of allylic oxidation sites excluding steroid dienone is 1. The predicted octanol–water partition coefficient (Wildman–Crippen LogP) is 2.38. The summed E-state index contributed by atoms with van der Waals surface area (Å²) >= 11 is 0. The number of hydrogen-bond donors (Lipinski definition) is 1. The molecule has 17 heavy (non-hydrogen) atoms. The van der Waals surface area contributed by atoms with Gasteiger partial charge in [0.15, 0.2) is 0 Å². The molecule has 1 unspecified atom stereocenters. The molecule has 0 saturated heterocycles. The Balaban J connectivity index is 2.40. The largest absolute Gasteiger partial charge is 0.392 e. The number of aliphatic hydroxyl groups excluding tert-OH is 1. The maximum absolute atomic E-state index is 9.79. The van der Waals surface area contributed by atoms with Crippen LogP contribution in [0.4, 0.5) is 0 Å². The van der Waals surface area contributed by atoms with Crippen molar-refractivity contribution in [2.24, 2.45) is 0 Å². The van der Waals surface area contributed by atoms with Crippen molar-refractivity contribution in [2.45, 2.75) is 25.5 Å². The van der Waals surface area contributed by atoms with E-state index in [1.54, 1.807) is 12.2 Å². The number of hydrogen-bond acceptors (Lipinski definition) is 3. The van der Waals surface area contributed by atoms with Crippen LogP contribution in [-0.4, -0.2) is 29.9 Å². The first-order valence-electron chi connectivity index (χ1n) is 5.88. The lowest BCUT2D eigenvalue weighted by atomic mass is 10.2. The van der Waals surface area contributed by atoms with Crippen LogP contribution in [0.2, 0.25) is 0 Å². The molecule has 0 aliphatic rings. The summed E-state index contributed by atoms with van der Waals surface area (Å²) in [7, 11) is 1.63. The van der Waals surface area contributed by atoms with Gasteiger partial charge in [0.25, 0.3) is 0 Å². The molecule has 3 heteroatoms. The van der Waals surface area contributed by atoms with E-state index >= 15 is 0 Å². The van der Waals surface area contributed by atoms with Crippen molar-refractivity contribution in [1.82, 2.24) is 5.06 Å². The predicted molar refractivity (Wildman–Crippen MR) is 69.3 cm³/mol. The van der Waals surface area contributed by atoms with Gasteiger partial charge < -0.3 is 9.94 Å². The van der Waals surface area contributed by atoms with E-state index in [1.807, 2.05) is 36.4 Å². The van der Waals surface area contributed by atoms with E-state index in [-0.39, 0.29) is 6.10 Å². The molecular formula is C14H21NO2. The first-order valence-corrected chi connectivity index (χ1v) is 5.88. The zero-order valence-electron chi connectivity index (χ0n) is 10.4. The van der Waals surface area contributed by atoms with E-state index in [2.05, 4.69) is 6.58 Å². The Morgan fingerprint density at radius 2 is 2.12 bits per heavy atom. The van der Waals surface area contributed by atoms with Crippen LogP contribution in [-0.2, 0) is 11.4 Å². The molecule has 0 fully saturated rings. The van der Waals surface area contributed by atoms with Crippen molar-refractivity contribution >= 4 is 0 Å². The molecule has 1 atom stereocenters. The molecule has 0 aliphatic heterocycles. The summed E-state index contributed by atoms with van der Waals surface area (Å²) < 4.78 is 0. The highest BCUT2D eigenvalue weighted by Crippen LogP contribution is 2.07. The van der Waals surface area contributed by atoms with Gasteiger partial charge in [-0.3, -0.25) is 0 Å². The van der Waals surface area contributed by atoms with Gasteiger partial charge in [-0.15, -0.1) is 6.58 Å². The zero-order valence-corrected chi connectivity index (χ0v) is 10.4. The van der Waals surface area contributed by atoms with Gasteiger partial charge in [-0.1, -0.05) is 36.4 Å². The quantitative estimate of drug-likeness (QED) is 0.554. The van der Waals surface area contributed by atoms with Crippen LogP contribution in [0, 0.1) is 0 Å². The van der Waals surface area contributed by atoms with Crippen molar-refractivity contribution in [3.63, 3.8) is 0 Å². The lowest BCUT2D eigenvalue weighted by Crippen LogP contribution is -2.31. The summed E-state index contributed by atoms with van der Waals surface area (Å²) in [6.45, 7) is 4.84. The second-order valence-electron chi connectivity index (χ2n) is 4.01. The second-order valence-corrected chi connectivity index (χ2v) is 4.01. The topological polar surface area (TPSA) is 32.7 Å². The molecule has 0 radical (unpaired) electrons. The number of benzene rings is 1. The highest BCUT2D eigenvalue weighted by Gasteiger charge is 2.11. The lowest BCUT2D eigenvalue weighted by Gasteiger charge is -2.22. The van der Waals surface area contributed by atoms with Crippen LogP contribution >= 0.6 is 0 Å². The summed E-state index contributed by atoms with van der Waals surface area (Å²) in [4.78, 5) is 5.25. The summed E-state index contributed by atoms with van der Waals surface area (Å²) in [6, 6.07) is 10.1. The molecule has 0 amide bonds. The fourth-order valence-electron chi connectivity index (χ4n) is 1.63. The molecular weight excluding hydrogens is 214 g/mol. The summed E-state index contributed by atoms with van der Waals surface area (Å²) in [5.41, 5.74) is 1.17. The van der Waals surface area contributed by atoms with Gasteiger partial charge in [0.05, 0.1) is 19.8 Å². The fraction of sp³-hybridized carbons (Fsp3) is 0.429. The number of aliphatic hydroxyl groups is 1. The van der Waals surface area contributed by atoms with Crippen molar-refractivity contribution in [3.8, 4) is 0 Å². The second kappa shape index (κ2) is 8.01. The molecule has 3 nitrogen and oxygen atoms in total. The van der Waals surface area contributed by atoms with Crippen molar-refractivity contribution in [1.29, 1.82) is 0 Å². The van der Waals surface area contributed by atoms with Gasteiger partial charge in [-0.05, 0) is 18.4 Å². The maximum Gasteiger partial charge on any atom is 0.0693 e. The molecule has 1 rings (SSSR count).